The van der Waals surface area contributed by atoms with E-state index < -0.39 is 0 Å². The van der Waals surface area contributed by atoms with Crippen LogP contribution in [0.15, 0.2) is 12.3 Å². The van der Waals surface area contributed by atoms with Gasteiger partial charge < -0.3 is 5.32 Å². The van der Waals surface area contributed by atoms with Crippen LogP contribution in [-0.4, -0.2) is 22.4 Å². The molecule has 0 radical (unpaired) electrons. The van der Waals surface area contributed by atoms with Crippen molar-refractivity contribution in [3.05, 3.63) is 18.0 Å². The molecule has 0 saturated heterocycles. The van der Waals surface area contributed by atoms with E-state index in [0.29, 0.717) is 12.1 Å². The van der Waals surface area contributed by atoms with Crippen molar-refractivity contribution < 1.29 is 0 Å². The quantitative estimate of drug-likeness (QED) is 0.816. The molecular weight excluding hydrogens is 234 g/mol. The number of likely N-dealkylation sites (N-methyl/N-ethyl adjacent to an activating group) is 1. The van der Waals surface area contributed by atoms with Crippen molar-refractivity contribution in [1.82, 2.24) is 15.1 Å². The first-order valence-corrected chi connectivity index (χ1v) is 8.12. The number of nitrogens with zero attached hydrogens (tertiary/aromatic N) is 2. The molecular formula is C16H27N3. The summed E-state index contributed by atoms with van der Waals surface area (Å²) in [5, 5.41) is 8.45. The second-order valence-corrected chi connectivity index (χ2v) is 6.36. The predicted molar refractivity (Wildman–Crippen MR) is 78.2 cm³/mol. The summed E-state index contributed by atoms with van der Waals surface area (Å²) in [7, 11) is 0. The normalized spacial score (nSPS) is 21.9. The van der Waals surface area contributed by atoms with E-state index in [1.165, 1.54) is 50.6 Å². The Kier molecular flexibility index (Phi) is 4.21. The minimum atomic E-state index is 0.629. The predicted octanol–water partition coefficient (Wildman–Crippen LogP) is 3.32. The molecule has 19 heavy (non-hydrogen) atoms. The summed E-state index contributed by atoms with van der Waals surface area (Å²) >= 11 is 0. The molecule has 0 aliphatic heterocycles. The van der Waals surface area contributed by atoms with Crippen LogP contribution in [0, 0.1) is 5.92 Å². The molecule has 2 saturated carbocycles. The van der Waals surface area contributed by atoms with E-state index in [2.05, 4.69) is 29.2 Å². The van der Waals surface area contributed by atoms with Crippen molar-refractivity contribution in [3.63, 3.8) is 0 Å². The van der Waals surface area contributed by atoms with Gasteiger partial charge in [-0.25, -0.2) is 0 Å². The van der Waals surface area contributed by atoms with Crippen LogP contribution in [0.1, 0.15) is 63.6 Å². The number of aromatic nitrogens is 2. The molecule has 3 nitrogen and oxygen atoms in total. The summed E-state index contributed by atoms with van der Waals surface area (Å²) < 4.78 is 2.22. The van der Waals surface area contributed by atoms with Crippen LogP contribution in [0.3, 0.4) is 0 Å². The maximum atomic E-state index is 4.82. The second-order valence-electron chi connectivity index (χ2n) is 6.36. The zero-order chi connectivity index (χ0) is 13.1. The molecule has 1 N–H and O–H groups in total. The van der Waals surface area contributed by atoms with E-state index in [4.69, 9.17) is 5.10 Å². The second kappa shape index (κ2) is 6.08. The average molecular weight is 261 g/mol. The average Bonchev–Trinajstić information content (AvgIpc) is 2.91. The van der Waals surface area contributed by atoms with Gasteiger partial charge in [0.25, 0.3) is 0 Å². The summed E-state index contributed by atoms with van der Waals surface area (Å²) in [4.78, 5) is 0. The van der Waals surface area contributed by atoms with Crippen LogP contribution in [-0.2, 0) is 6.42 Å². The van der Waals surface area contributed by atoms with Crippen LogP contribution in [0.5, 0.6) is 0 Å². The molecule has 0 amide bonds. The fourth-order valence-electron chi connectivity index (χ4n) is 3.39. The van der Waals surface area contributed by atoms with Crippen molar-refractivity contribution in [2.24, 2.45) is 5.92 Å². The summed E-state index contributed by atoms with van der Waals surface area (Å²) in [5.41, 5.74) is 1.28. The van der Waals surface area contributed by atoms with Crippen molar-refractivity contribution in [2.45, 2.75) is 70.4 Å². The highest BCUT2D eigenvalue weighted by Crippen LogP contribution is 2.34. The third kappa shape index (κ3) is 3.59. The van der Waals surface area contributed by atoms with Crippen molar-refractivity contribution in [3.8, 4) is 0 Å². The molecule has 2 fully saturated rings. The molecule has 3 heteroatoms. The highest BCUT2D eigenvalue weighted by atomic mass is 15.3. The van der Waals surface area contributed by atoms with Crippen molar-refractivity contribution in [1.29, 1.82) is 0 Å². The van der Waals surface area contributed by atoms with Gasteiger partial charge in [-0.15, -0.1) is 0 Å². The molecule has 2 aliphatic rings. The third-order valence-corrected chi connectivity index (χ3v) is 4.63. The van der Waals surface area contributed by atoms with Gasteiger partial charge >= 0.3 is 0 Å². The van der Waals surface area contributed by atoms with Gasteiger partial charge in [-0.05, 0) is 37.8 Å². The topological polar surface area (TPSA) is 29.9 Å². The summed E-state index contributed by atoms with van der Waals surface area (Å²) in [6, 6.07) is 3.54. The highest BCUT2D eigenvalue weighted by molar-refractivity contribution is 5.03. The fraction of sp³-hybridized carbons (Fsp3) is 0.812. The van der Waals surface area contributed by atoms with E-state index in [0.717, 1.165) is 18.9 Å². The van der Waals surface area contributed by atoms with Gasteiger partial charge in [-0.3, -0.25) is 4.68 Å². The number of hydrogen-bond acceptors (Lipinski definition) is 2. The maximum Gasteiger partial charge on any atom is 0.0640 e. The van der Waals surface area contributed by atoms with Gasteiger partial charge in [0.05, 0.1) is 11.7 Å². The molecule has 106 valence electrons. The highest BCUT2D eigenvalue weighted by Gasteiger charge is 2.26. The van der Waals surface area contributed by atoms with Crippen LogP contribution in [0.4, 0.5) is 0 Å². The van der Waals surface area contributed by atoms with Gasteiger partial charge in [-0.2, -0.15) is 5.10 Å². The first-order chi connectivity index (χ1) is 9.35. The maximum absolute atomic E-state index is 4.82. The standard InChI is InChI=1S/C16H27N3/c1-2-17-15(11-13-7-8-13)12-14-9-10-19(18-14)16-5-3-4-6-16/h9-10,13,15-17H,2-8,11-12H2,1H3. The number of rotatable bonds is 7. The molecule has 1 aromatic heterocycles. The van der Waals surface area contributed by atoms with Crippen molar-refractivity contribution in [2.75, 3.05) is 6.54 Å². The van der Waals surface area contributed by atoms with Crippen molar-refractivity contribution >= 4 is 0 Å². The molecule has 0 aromatic carbocycles. The Morgan fingerprint density at radius 2 is 2.11 bits per heavy atom. The molecule has 1 atom stereocenters. The van der Waals surface area contributed by atoms with Crippen LogP contribution < -0.4 is 5.32 Å². The molecule has 0 spiro atoms. The van der Waals surface area contributed by atoms with Gasteiger partial charge in [-0.1, -0.05) is 32.6 Å². The largest absolute Gasteiger partial charge is 0.314 e. The van der Waals surface area contributed by atoms with Crippen LogP contribution >= 0.6 is 0 Å². The van der Waals surface area contributed by atoms with Crippen LogP contribution in [0.2, 0.25) is 0 Å². The van der Waals surface area contributed by atoms with Gasteiger partial charge in [0.15, 0.2) is 0 Å². The Morgan fingerprint density at radius 3 is 2.79 bits per heavy atom. The summed E-state index contributed by atoms with van der Waals surface area (Å²) in [6.45, 7) is 3.28. The zero-order valence-corrected chi connectivity index (χ0v) is 12.1. The number of nitrogens with one attached hydrogen (secondary N) is 1. The van der Waals surface area contributed by atoms with Gasteiger partial charge in [0, 0.05) is 18.7 Å². The number of hydrogen-bond donors (Lipinski definition) is 1. The van der Waals surface area contributed by atoms with E-state index in [1.807, 2.05) is 0 Å². The minimum absolute atomic E-state index is 0.629. The summed E-state index contributed by atoms with van der Waals surface area (Å²) in [5.74, 6) is 0.987. The lowest BCUT2D eigenvalue weighted by atomic mass is 10.1. The first-order valence-electron chi connectivity index (χ1n) is 8.12. The monoisotopic (exact) mass is 261 g/mol. The SMILES string of the molecule is CCNC(Cc1ccn(C2CCCC2)n1)CC1CC1. The Bertz CT molecular complexity index is 388. The Morgan fingerprint density at radius 1 is 1.32 bits per heavy atom. The Balaban J connectivity index is 1.57. The fourth-order valence-corrected chi connectivity index (χ4v) is 3.39. The van der Waals surface area contributed by atoms with E-state index in [1.54, 1.807) is 0 Å². The molecule has 0 bridgehead atoms. The summed E-state index contributed by atoms with van der Waals surface area (Å²) in [6.07, 6.45) is 12.9. The molecule has 1 aromatic rings. The molecule has 3 rings (SSSR count). The van der Waals surface area contributed by atoms with Gasteiger partial charge in [0.1, 0.15) is 0 Å². The lowest BCUT2D eigenvalue weighted by Gasteiger charge is -2.16. The van der Waals surface area contributed by atoms with E-state index >= 15 is 0 Å². The lowest BCUT2D eigenvalue weighted by Crippen LogP contribution is -2.31. The first kappa shape index (κ1) is 13.2. The molecule has 2 aliphatic carbocycles. The van der Waals surface area contributed by atoms with Gasteiger partial charge in [0.2, 0.25) is 0 Å². The molecule has 1 heterocycles. The van der Waals surface area contributed by atoms with E-state index in [-0.39, 0.29) is 0 Å². The lowest BCUT2D eigenvalue weighted by molar-refractivity contribution is 0.441. The smallest absolute Gasteiger partial charge is 0.0640 e. The Hall–Kier alpha value is -0.830. The molecule has 1 unspecified atom stereocenters. The third-order valence-electron chi connectivity index (χ3n) is 4.63. The zero-order valence-electron chi connectivity index (χ0n) is 12.1. The Labute approximate surface area is 116 Å². The van der Waals surface area contributed by atoms with Crippen LogP contribution in [0.25, 0.3) is 0 Å². The minimum Gasteiger partial charge on any atom is -0.314 e. The van der Waals surface area contributed by atoms with E-state index in [9.17, 15) is 0 Å².